The van der Waals surface area contributed by atoms with E-state index in [0.29, 0.717) is 6.42 Å². The number of benzene rings is 3. The SMILES string of the molecule is CCCCCC(=CC=Cc1ccccc1)C(=O)CCc1ccc2cc(OC)ccc2c1. The van der Waals surface area contributed by atoms with E-state index in [1.54, 1.807) is 7.11 Å². The second-order valence-corrected chi connectivity index (χ2v) is 7.89. The van der Waals surface area contributed by atoms with Crippen molar-refractivity contribution in [3.05, 3.63) is 95.6 Å². The first-order valence-corrected chi connectivity index (χ1v) is 11.2. The third-order valence-electron chi connectivity index (χ3n) is 5.55. The second-order valence-electron chi connectivity index (χ2n) is 7.89. The van der Waals surface area contributed by atoms with Crippen molar-refractivity contribution in [3.8, 4) is 5.75 Å². The quantitative estimate of drug-likeness (QED) is 0.184. The minimum atomic E-state index is 0.253. The highest BCUT2D eigenvalue weighted by Crippen LogP contribution is 2.23. The lowest BCUT2D eigenvalue weighted by Crippen LogP contribution is -2.04. The molecule has 0 N–H and O–H groups in total. The number of Topliss-reactive ketones (excluding diaryl/α,β-unsaturated/α-hetero) is 1. The molecule has 31 heavy (non-hydrogen) atoms. The Bertz CT molecular complexity index is 1040. The molecule has 3 aromatic rings. The van der Waals surface area contributed by atoms with Crippen LogP contribution in [0.1, 0.15) is 50.2 Å². The lowest BCUT2D eigenvalue weighted by molar-refractivity contribution is -0.115. The Labute approximate surface area is 186 Å². The largest absolute Gasteiger partial charge is 0.497 e. The molecule has 0 unspecified atom stereocenters. The lowest BCUT2D eigenvalue weighted by atomic mass is 9.97. The smallest absolute Gasteiger partial charge is 0.159 e. The molecular weight excluding hydrogens is 380 g/mol. The standard InChI is InChI=1S/C29H32O2/c1-3-4-6-13-25(14-9-12-23-10-7-5-8-11-23)29(30)20-16-24-15-17-27-22-28(31-2)19-18-26(27)21-24/h5,7-12,14-15,17-19,21-22H,3-4,6,13,16,20H2,1-2H3. The van der Waals surface area contributed by atoms with Gasteiger partial charge < -0.3 is 4.74 Å². The molecule has 0 spiro atoms. The Balaban J connectivity index is 1.66. The van der Waals surface area contributed by atoms with Gasteiger partial charge in [0.25, 0.3) is 0 Å². The Kier molecular flexibility index (Phi) is 8.66. The van der Waals surface area contributed by atoms with Crippen molar-refractivity contribution in [2.75, 3.05) is 7.11 Å². The van der Waals surface area contributed by atoms with Crippen LogP contribution in [0, 0.1) is 0 Å². The molecule has 0 atom stereocenters. The summed E-state index contributed by atoms with van der Waals surface area (Å²) >= 11 is 0. The zero-order valence-corrected chi connectivity index (χ0v) is 18.6. The third-order valence-corrected chi connectivity index (χ3v) is 5.55. The fourth-order valence-electron chi connectivity index (χ4n) is 3.69. The van der Waals surface area contributed by atoms with E-state index in [0.717, 1.165) is 54.4 Å². The van der Waals surface area contributed by atoms with Gasteiger partial charge in [-0.05, 0) is 58.9 Å². The van der Waals surface area contributed by atoms with Gasteiger partial charge in [-0.3, -0.25) is 4.79 Å². The van der Waals surface area contributed by atoms with Gasteiger partial charge >= 0.3 is 0 Å². The summed E-state index contributed by atoms with van der Waals surface area (Å²) in [6, 6.07) is 22.7. The highest BCUT2D eigenvalue weighted by atomic mass is 16.5. The number of hydrogen-bond donors (Lipinski definition) is 0. The average molecular weight is 413 g/mol. The van der Waals surface area contributed by atoms with Gasteiger partial charge in [0.15, 0.2) is 5.78 Å². The average Bonchev–Trinajstić information content (AvgIpc) is 2.81. The zero-order valence-electron chi connectivity index (χ0n) is 18.6. The van der Waals surface area contributed by atoms with Crippen LogP contribution in [0.4, 0.5) is 0 Å². The van der Waals surface area contributed by atoms with E-state index < -0.39 is 0 Å². The molecule has 0 heterocycles. The number of carbonyl (C=O) groups excluding carboxylic acids is 1. The molecule has 2 heteroatoms. The molecular formula is C29H32O2. The number of fused-ring (bicyclic) bond motifs is 1. The van der Waals surface area contributed by atoms with Crippen molar-refractivity contribution in [3.63, 3.8) is 0 Å². The second kappa shape index (κ2) is 11.9. The molecule has 0 aliphatic carbocycles. The third kappa shape index (κ3) is 6.96. The molecule has 0 radical (unpaired) electrons. The van der Waals surface area contributed by atoms with E-state index in [-0.39, 0.29) is 5.78 Å². The van der Waals surface area contributed by atoms with E-state index in [1.807, 2.05) is 42.5 Å². The Morgan fingerprint density at radius 3 is 2.45 bits per heavy atom. The van der Waals surface area contributed by atoms with Crippen LogP contribution in [0.15, 0.2) is 84.5 Å². The summed E-state index contributed by atoms with van der Waals surface area (Å²) in [6.07, 6.45) is 11.6. The fourth-order valence-corrected chi connectivity index (χ4v) is 3.69. The Morgan fingerprint density at radius 2 is 1.68 bits per heavy atom. The van der Waals surface area contributed by atoms with Crippen molar-refractivity contribution < 1.29 is 9.53 Å². The summed E-state index contributed by atoms with van der Waals surface area (Å²) in [7, 11) is 1.68. The summed E-state index contributed by atoms with van der Waals surface area (Å²) < 4.78 is 5.30. The van der Waals surface area contributed by atoms with Crippen LogP contribution in [0.5, 0.6) is 5.75 Å². The molecule has 160 valence electrons. The maximum absolute atomic E-state index is 13.0. The zero-order chi connectivity index (χ0) is 21.9. The van der Waals surface area contributed by atoms with E-state index in [1.165, 1.54) is 10.9 Å². The highest BCUT2D eigenvalue weighted by molar-refractivity contribution is 5.96. The molecule has 0 amide bonds. The highest BCUT2D eigenvalue weighted by Gasteiger charge is 2.09. The summed E-state index contributed by atoms with van der Waals surface area (Å²) in [4.78, 5) is 13.0. The summed E-state index contributed by atoms with van der Waals surface area (Å²) in [6.45, 7) is 2.19. The first-order valence-electron chi connectivity index (χ1n) is 11.2. The van der Waals surface area contributed by atoms with Gasteiger partial charge in [0, 0.05) is 6.42 Å². The van der Waals surface area contributed by atoms with Gasteiger partial charge in [-0.15, -0.1) is 0 Å². The van der Waals surface area contributed by atoms with Crippen LogP contribution in [0.3, 0.4) is 0 Å². The molecule has 3 rings (SSSR count). The van der Waals surface area contributed by atoms with E-state index >= 15 is 0 Å². The molecule has 3 aromatic carbocycles. The van der Waals surface area contributed by atoms with Gasteiger partial charge in [-0.2, -0.15) is 0 Å². The van der Waals surface area contributed by atoms with Crippen LogP contribution < -0.4 is 4.74 Å². The van der Waals surface area contributed by atoms with Crippen LogP contribution in [0.2, 0.25) is 0 Å². The summed E-state index contributed by atoms with van der Waals surface area (Å²) in [5, 5.41) is 2.33. The van der Waals surface area contributed by atoms with Crippen molar-refractivity contribution in [2.45, 2.75) is 45.4 Å². The fraction of sp³-hybridized carbons (Fsp3) is 0.276. The number of ketones is 1. The Morgan fingerprint density at radius 1 is 0.903 bits per heavy atom. The number of aryl methyl sites for hydroxylation is 1. The van der Waals surface area contributed by atoms with Crippen molar-refractivity contribution in [1.82, 2.24) is 0 Å². The minimum absolute atomic E-state index is 0.253. The van der Waals surface area contributed by atoms with Crippen LogP contribution in [-0.2, 0) is 11.2 Å². The number of unbranched alkanes of at least 4 members (excludes halogenated alkanes) is 2. The van der Waals surface area contributed by atoms with E-state index in [4.69, 9.17) is 4.74 Å². The van der Waals surface area contributed by atoms with E-state index in [2.05, 4.69) is 49.4 Å². The van der Waals surface area contributed by atoms with Gasteiger partial charge in [0.05, 0.1) is 7.11 Å². The van der Waals surface area contributed by atoms with Gasteiger partial charge in [0.2, 0.25) is 0 Å². The minimum Gasteiger partial charge on any atom is -0.497 e. The molecule has 0 aromatic heterocycles. The number of allylic oxidation sites excluding steroid dienone is 3. The molecule has 0 saturated heterocycles. The molecule has 0 saturated carbocycles. The number of carbonyl (C=O) groups is 1. The predicted molar refractivity (Wildman–Crippen MR) is 132 cm³/mol. The van der Waals surface area contributed by atoms with Gasteiger partial charge in [-0.1, -0.05) is 92.6 Å². The normalized spacial score (nSPS) is 11.9. The van der Waals surface area contributed by atoms with Crippen molar-refractivity contribution in [2.24, 2.45) is 0 Å². The first kappa shape index (κ1) is 22.6. The topological polar surface area (TPSA) is 26.3 Å². The maximum Gasteiger partial charge on any atom is 0.159 e. The van der Waals surface area contributed by atoms with Crippen molar-refractivity contribution in [1.29, 1.82) is 0 Å². The lowest BCUT2D eigenvalue weighted by Gasteiger charge is -2.08. The molecule has 0 aliphatic rings. The van der Waals surface area contributed by atoms with Gasteiger partial charge in [0.1, 0.15) is 5.75 Å². The Hall–Kier alpha value is -3.13. The summed E-state index contributed by atoms with van der Waals surface area (Å²) in [5.74, 6) is 1.12. The number of rotatable bonds is 11. The molecule has 2 nitrogen and oxygen atoms in total. The number of ether oxygens (including phenoxy) is 1. The first-order chi connectivity index (χ1) is 15.2. The van der Waals surface area contributed by atoms with Crippen molar-refractivity contribution >= 4 is 22.6 Å². The maximum atomic E-state index is 13.0. The summed E-state index contributed by atoms with van der Waals surface area (Å²) in [5.41, 5.74) is 3.27. The van der Waals surface area contributed by atoms with E-state index in [9.17, 15) is 4.79 Å². The number of hydrogen-bond acceptors (Lipinski definition) is 2. The van der Waals surface area contributed by atoms with Gasteiger partial charge in [-0.25, -0.2) is 0 Å². The molecule has 0 fully saturated rings. The van der Waals surface area contributed by atoms with Crippen LogP contribution in [-0.4, -0.2) is 12.9 Å². The molecule has 0 bridgehead atoms. The van der Waals surface area contributed by atoms with Crippen LogP contribution in [0.25, 0.3) is 16.8 Å². The monoisotopic (exact) mass is 412 g/mol. The molecule has 0 aliphatic heterocycles. The predicted octanol–water partition coefficient (Wildman–Crippen LogP) is 7.57. The van der Waals surface area contributed by atoms with Crippen LogP contribution >= 0.6 is 0 Å². The number of methoxy groups -OCH3 is 1.